The summed E-state index contributed by atoms with van der Waals surface area (Å²) in [4.78, 5) is 0. The highest BCUT2D eigenvalue weighted by Gasteiger charge is 2.46. The molecule has 1 saturated carbocycles. The number of nitrogens with two attached hydrogens (primary N) is 1. The summed E-state index contributed by atoms with van der Waals surface area (Å²) in [5.74, 6) is 0. The maximum absolute atomic E-state index is 8.88. The van der Waals surface area contributed by atoms with Crippen molar-refractivity contribution < 1.29 is 0 Å². The SMILES string of the molecule is C=C/C=C(\C(=C)N)C1(C#N)CC1. The van der Waals surface area contributed by atoms with Gasteiger partial charge in [-0.25, -0.2) is 0 Å². The average Bonchev–Trinajstić information content (AvgIpc) is 2.80. The Hall–Kier alpha value is -1.49. The normalized spacial score (nSPS) is 19.4. The third-order valence-electron chi connectivity index (χ3n) is 2.11. The van der Waals surface area contributed by atoms with Crippen LogP contribution < -0.4 is 5.73 Å². The highest BCUT2D eigenvalue weighted by molar-refractivity contribution is 5.43. The average molecular weight is 160 g/mol. The van der Waals surface area contributed by atoms with Gasteiger partial charge in [-0.15, -0.1) is 0 Å². The molecule has 12 heavy (non-hydrogen) atoms. The summed E-state index contributed by atoms with van der Waals surface area (Å²) in [5, 5.41) is 8.88. The van der Waals surface area contributed by atoms with Gasteiger partial charge in [0.05, 0.1) is 11.5 Å². The molecule has 62 valence electrons. The number of rotatable bonds is 3. The summed E-state index contributed by atoms with van der Waals surface area (Å²) in [5.41, 5.74) is 6.53. The minimum Gasteiger partial charge on any atom is -0.399 e. The van der Waals surface area contributed by atoms with Gasteiger partial charge in [0, 0.05) is 5.70 Å². The summed E-state index contributed by atoms with van der Waals surface area (Å²) < 4.78 is 0. The third kappa shape index (κ3) is 1.26. The Morgan fingerprint density at radius 2 is 2.17 bits per heavy atom. The highest BCUT2D eigenvalue weighted by Crippen LogP contribution is 2.52. The first-order chi connectivity index (χ1) is 5.66. The van der Waals surface area contributed by atoms with Gasteiger partial charge in [-0.2, -0.15) is 5.26 Å². The van der Waals surface area contributed by atoms with Crippen molar-refractivity contribution in [2.24, 2.45) is 11.1 Å². The fraction of sp³-hybridized carbons (Fsp3) is 0.300. The van der Waals surface area contributed by atoms with E-state index in [1.165, 1.54) is 0 Å². The Morgan fingerprint density at radius 3 is 2.42 bits per heavy atom. The van der Waals surface area contributed by atoms with Crippen molar-refractivity contribution in [3.05, 3.63) is 36.6 Å². The third-order valence-corrected chi connectivity index (χ3v) is 2.11. The predicted molar refractivity (Wildman–Crippen MR) is 48.9 cm³/mol. The molecule has 0 heterocycles. The number of nitrogens with zero attached hydrogens (tertiary/aromatic N) is 1. The van der Waals surface area contributed by atoms with E-state index in [1.54, 1.807) is 12.2 Å². The zero-order valence-electron chi connectivity index (χ0n) is 7.01. The van der Waals surface area contributed by atoms with Gasteiger partial charge in [-0.1, -0.05) is 25.3 Å². The molecule has 0 bridgehead atoms. The molecule has 2 nitrogen and oxygen atoms in total. The van der Waals surface area contributed by atoms with Crippen molar-refractivity contribution in [2.45, 2.75) is 12.8 Å². The Balaban J connectivity index is 2.97. The van der Waals surface area contributed by atoms with Crippen molar-refractivity contribution in [3.8, 4) is 6.07 Å². The monoisotopic (exact) mass is 160 g/mol. The molecule has 0 aromatic carbocycles. The van der Waals surface area contributed by atoms with E-state index in [0.717, 1.165) is 18.4 Å². The van der Waals surface area contributed by atoms with Crippen LogP contribution >= 0.6 is 0 Å². The lowest BCUT2D eigenvalue weighted by atomic mass is 9.95. The maximum Gasteiger partial charge on any atom is 0.0843 e. The molecule has 1 aliphatic carbocycles. The largest absolute Gasteiger partial charge is 0.399 e. The zero-order valence-corrected chi connectivity index (χ0v) is 7.01. The minimum absolute atomic E-state index is 0.347. The number of hydrogen-bond donors (Lipinski definition) is 1. The van der Waals surface area contributed by atoms with Crippen molar-refractivity contribution in [2.75, 3.05) is 0 Å². The molecule has 2 N–H and O–H groups in total. The second-order valence-electron chi connectivity index (χ2n) is 3.04. The molecule has 0 atom stereocenters. The van der Waals surface area contributed by atoms with Gasteiger partial charge in [0.25, 0.3) is 0 Å². The van der Waals surface area contributed by atoms with Crippen LogP contribution in [0.4, 0.5) is 0 Å². The van der Waals surface area contributed by atoms with Gasteiger partial charge < -0.3 is 5.73 Å². The Morgan fingerprint density at radius 1 is 1.58 bits per heavy atom. The van der Waals surface area contributed by atoms with E-state index in [4.69, 9.17) is 11.0 Å². The summed E-state index contributed by atoms with van der Waals surface area (Å²) in [6.45, 7) is 7.21. The van der Waals surface area contributed by atoms with Crippen LogP contribution in [-0.2, 0) is 0 Å². The molecule has 1 aliphatic rings. The van der Waals surface area contributed by atoms with Crippen molar-refractivity contribution in [3.63, 3.8) is 0 Å². The molecule has 0 saturated heterocycles. The summed E-state index contributed by atoms with van der Waals surface area (Å²) in [6, 6.07) is 2.26. The molecule has 1 fully saturated rings. The molecular weight excluding hydrogens is 148 g/mol. The highest BCUT2D eigenvalue weighted by atomic mass is 14.6. The maximum atomic E-state index is 8.88. The first-order valence-electron chi connectivity index (χ1n) is 3.85. The first-order valence-corrected chi connectivity index (χ1v) is 3.85. The molecule has 0 spiro atoms. The predicted octanol–water partition coefficient (Wildman–Crippen LogP) is 1.87. The van der Waals surface area contributed by atoms with Crippen molar-refractivity contribution >= 4 is 0 Å². The Labute approximate surface area is 72.7 Å². The van der Waals surface area contributed by atoms with Crippen LogP contribution in [-0.4, -0.2) is 0 Å². The van der Waals surface area contributed by atoms with E-state index in [1.807, 2.05) is 0 Å². The molecule has 0 amide bonds. The Bertz CT molecular complexity index is 287. The lowest BCUT2D eigenvalue weighted by Gasteiger charge is -2.09. The van der Waals surface area contributed by atoms with E-state index < -0.39 is 0 Å². The second kappa shape index (κ2) is 2.86. The van der Waals surface area contributed by atoms with Gasteiger partial charge >= 0.3 is 0 Å². The van der Waals surface area contributed by atoms with E-state index in [9.17, 15) is 0 Å². The van der Waals surface area contributed by atoms with E-state index in [0.29, 0.717) is 5.70 Å². The van der Waals surface area contributed by atoms with Crippen LogP contribution in [0, 0.1) is 16.7 Å². The minimum atomic E-state index is -0.347. The van der Waals surface area contributed by atoms with E-state index in [-0.39, 0.29) is 5.41 Å². The van der Waals surface area contributed by atoms with Crippen LogP contribution in [0.5, 0.6) is 0 Å². The summed E-state index contributed by atoms with van der Waals surface area (Å²) >= 11 is 0. The number of nitriles is 1. The fourth-order valence-electron chi connectivity index (χ4n) is 1.26. The summed E-state index contributed by atoms with van der Waals surface area (Å²) in [7, 11) is 0. The van der Waals surface area contributed by atoms with Gasteiger partial charge in [0.15, 0.2) is 0 Å². The molecular formula is C10H12N2. The van der Waals surface area contributed by atoms with Gasteiger partial charge in [0.2, 0.25) is 0 Å². The Kier molecular flexibility index (Phi) is 2.05. The molecule has 0 aliphatic heterocycles. The zero-order chi connectivity index (χ0) is 9.19. The van der Waals surface area contributed by atoms with Crippen LogP contribution in [0.3, 0.4) is 0 Å². The van der Waals surface area contributed by atoms with Crippen LogP contribution in [0.25, 0.3) is 0 Å². The number of allylic oxidation sites excluding steroid dienone is 3. The van der Waals surface area contributed by atoms with Gasteiger partial charge in [-0.3, -0.25) is 0 Å². The smallest absolute Gasteiger partial charge is 0.0843 e. The molecule has 2 heteroatoms. The van der Waals surface area contributed by atoms with E-state index >= 15 is 0 Å². The molecule has 0 unspecified atom stereocenters. The standard InChI is InChI=1S/C10H12N2/c1-3-4-9(8(2)12)10(7-11)5-6-10/h3-4H,1-2,5-6,12H2/b9-4+. The number of hydrogen-bond acceptors (Lipinski definition) is 2. The quantitative estimate of drug-likeness (QED) is 0.641. The van der Waals surface area contributed by atoms with Gasteiger partial charge in [0.1, 0.15) is 0 Å². The van der Waals surface area contributed by atoms with E-state index in [2.05, 4.69) is 19.2 Å². The molecule has 0 radical (unpaired) electrons. The van der Waals surface area contributed by atoms with Crippen LogP contribution in [0.15, 0.2) is 36.6 Å². The molecule has 1 rings (SSSR count). The van der Waals surface area contributed by atoms with Crippen LogP contribution in [0.1, 0.15) is 12.8 Å². The second-order valence-corrected chi connectivity index (χ2v) is 3.04. The molecule has 0 aromatic heterocycles. The molecule has 0 aromatic rings. The first kappa shape index (κ1) is 8.61. The van der Waals surface area contributed by atoms with Crippen molar-refractivity contribution in [1.82, 2.24) is 0 Å². The lowest BCUT2D eigenvalue weighted by Crippen LogP contribution is -2.09. The summed E-state index contributed by atoms with van der Waals surface area (Å²) in [6.07, 6.45) is 5.20. The lowest BCUT2D eigenvalue weighted by molar-refractivity contribution is 0.809. The van der Waals surface area contributed by atoms with Crippen molar-refractivity contribution in [1.29, 1.82) is 5.26 Å². The van der Waals surface area contributed by atoms with Crippen LogP contribution in [0.2, 0.25) is 0 Å². The fourth-order valence-corrected chi connectivity index (χ4v) is 1.26. The van der Waals surface area contributed by atoms with Gasteiger partial charge in [-0.05, 0) is 18.4 Å². The topological polar surface area (TPSA) is 49.8 Å².